The molecule has 1 N–H and O–H groups in total. The van der Waals surface area contributed by atoms with Crippen LogP contribution in [0.15, 0.2) is 18.6 Å². The number of nitrogens with one attached hydrogen (secondary N) is 1. The molecular weight excluding hydrogens is 221 g/mol. The van der Waals surface area contributed by atoms with Crippen molar-refractivity contribution in [2.24, 2.45) is 7.05 Å². The highest BCUT2D eigenvalue weighted by Crippen LogP contribution is 2.18. The summed E-state index contributed by atoms with van der Waals surface area (Å²) in [7, 11) is 1.79. The van der Waals surface area contributed by atoms with E-state index in [2.05, 4.69) is 20.3 Å². The van der Waals surface area contributed by atoms with E-state index in [1.807, 2.05) is 6.92 Å². The maximum absolute atomic E-state index is 13.6. The Morgan fingerprint density at radius 2 is 2.24 bits per heavy atom. The Morgan fingerprint density at radius 3 is 2.88 bits per heavy atom. The minimum absolute atomic E-state index is 0.214. The first-order valence-electron chi connectivity index (χ1n) is 5.46. The van der Waals surface area contributed by atoms with Crippen LogP contribution in [0.3, 0.4) is 0 Å². The number of rotatable bonds is 4. The van der Waals surface area contributed by atoms with Crippen molar-refractivity contribution >= 4 is 5.95 Å². The fourth-order valence-corrected chi connectivity index (χ4v) is 1.44. The van der Waals surface area contributed by atoms with E-state index in [-0.39, 0.29) is 5.69 Å². The molecule has 17 heavy (non-hydrogen) atoms. The Balaban J connectivity index is 2.36. The Morgan fingerprint density at radius 1 is 1.41 bits per heavy atom. The molecule has 0 fully saturated rings. The summed E-state index contributed by atoms with van der Waals surface area (Å²) in [5.74, 6) is 0.442. The summed E-state index contributed by atoms with van der Waals surface area (Å²) in [6.07, 6.45) is 5.47. The minimum atomic E-state index is -0.471. The highest BCUT2D eigenvalue weighted by molar-refractivity contribution is 5.52. The molecule has 6 heteroatoms. The molecule has 0 saturated heterocycles. The van der Waals surface area contributed by atoms with E-state index in [4.69, 9.17) is 0 Å². The highest BCUT2D eigenvalue weighted by atomic mass is 19.1. The van der Waals surface area contributed by atoms with Crippen LogP contribution in [-0.2, 0) is 7.05 Å². The topological polar surface area (TPSA) is 55.6 Å². The summed E-state index contributed by atoms with van der Waals surface area (Å²) in [5.41, 5.74) is 0.214. The molecule has 0 radical (unpaired) electrons. The van der Waals surface area contributed by atoms with E-state index in [9.17, 15) is 4.39 Å². The fourth-order valence-electron chi connectivity index (χ4n) is 1.44. The van der Waals surface area contributed by atoms with Gasteiger partial charge in [-0.2, -0.15) is 0 Å². The van der Waals surface area contributed by atoms with Crippen molar-refractivity contribution in [1.29, 1.82) is 0 Å². The van der Waals surface area contributed by atoms with Crippen molar-refractivity contribution in [1.82, 2.24) is 19.5 Å². The lowest BCUT2D eigenvalue weighted by atomic mass is 10.3. The summed E-state index contributed by atoms with van der Waals surface area (Å²) in [6, 6.07) is 0. The Labute approximate surface area is 98.7 Å². The second-order valence-electron chi connectivity index (χ2n) is 3.68. The number of aromatic nitrogens is 4. The van der Waals surface area contributed by atoms with Gasteiger partial charge in [0.25, 0.3) is 0 Å². The van der Waals surface area contributed by atoms with Crippen LogP contribution in [-0.4, -0.2) is 26.1 Å². The average molecular weight is 235 g/mol. The molecule has 2 rings (SSSR count). The van der Waals surface area contributed by atoms with Gasteiger partial charge < -0.3 is 9.88 Å². The van der Waals surface area contributed by atoms with E-state index in [0.29, 0.717) is 11.8 Å². The monoisotopic (exact) mass is 235 g/mol. The summed E-state index contributed by atoms with van der Waals surface area (Å²) >= 11 is 0. The van der Waals surface area contributed by atoms with Gasteiger partial charge >= 0.3 is 0 Å². The van der Waals surface area contributed by atoms with E-state index >= 15 is 0 Å². The van der Waals surface area contributed by atoms with E-state index in [1.54, 1.807) is 24.0 Å². The first kappa shape index (κ1) is 11.5. The van der Waals surface area contributed by atoms with Crippen LogP contribution in [0, 0.1) is 5.82 Å². The molecular formula is C11H14FN5. The quantitative estimate of drug-likeness (QED) is 0.878. The molecule has 0 aliphatic rings. The van der Waals surface area contributed by atoms with Crippen LogP contribution in [0.2, 0.25) is 0 Å². The van der Waals surface area contributed by atoms with Crippen LogP contribution in [0.25, 0.3) is 11.5 Å². The molecule has 5 nitrogen and oxygen atoms in total. The van der Waals surface area contributed by atoms with Gasteiger partial charge in [-0.1, -0.05) is 6.92 Å². The molecule has 0 saturated carbocycles. The van der Waals surface area contributed by atoms with Gasteiger partial charge in [-0.05, 0) is 6.42 Å². The number of anilines is 1. The van der Waals surface area contributed by atoms with Gasteiger partial charge in [0, 0.05) is 26.0 Å². The van der Waals surface area contributed by atoms with Crippen molar-refractivity contribution in [3.05, 3.63) is 24.4 Å². The normalized spacial score (nSPS) is 10.5. The van der Waals surface area contributed by atoms with Crippen LogP contribution >= 0.6 is 0 Å². The second-order valence-corrected chi connectivity index (χ2v) is 3.68. The van der Waals surface area contributed by atoms with Crippen molar-refractivity contribution in [3.8, 4) is 11.5 Å². The van der Waals surface area contributed by atoms with Crippen molar-refractivity contribution in [3.63, 3.8) is 0 Å². The third-order valence-corrected chi connectivity index (χ3v) is 2.31. The van der Waals surface area contributed by atoms with Crippen LogP contribution < -0.4 is 5.32 Å². The number of hydrogen-bond acceptors (Lipinski definition) is 4. The fraction of sp³-hybridized carbons (Fsp3) is 0.364. The molecule has 90 valence electrons. The predicted molar refractivity (Wildman–Crippen MR) is 63.0 cm³/mol. The first-order chi connectivity index (χ1) is 8.22. The number of imidazole rings is 1. The third-order valence-electron chi connectivity index (χ3n) is 2.31. The SMILES string of the molecule is CCCNc1ncc(F)c(-c2nccn2C)n1. The van der Waals surface area contributed by atoms with E-state index < -0.39 is 5.82 Å². The molecule has 0 amide bonds. The molecule has 0 aliphatic heterocycles. The summed E-state index contributed by atoms with van der Waals surface area (Å²) < 4.78 is 15.3. The summed E-state index contributed by atoms with van der Waals surface area (Å²) in [5, 5.41) is 3.02. The highest BCUT2D eigenvalue weighted by Gasteiger charge is 2.12. The zero-order valence-electron chi connectivity index (χ0n) is 9.81. The first-order valence-corrected chi connectivity index (χ1v) is 5.46. The van der Waals surface area contributed by atoms with Gasteiger partial charge in [-0.15, -0.1) is 0 Å². The lowest BCUT2D eigenvalue weighted by Gasteiger charge is -2.06. The van der Waals surface area contributed by atoms with Gasteiger partial charge in [0.15, 0.2) is 11.6 Å². The van der Waals surface area contributed by atoms with Crippen molar-refractivity contribution in [2.45, 2.75) is 13.3 Å². The van der Waals surface area contributed by atoms with Gasteiger partial charge in [-0.25, -0.2) is 19.3 Å². The minimum Gasteiger partial charge on any atom is -0.354 e. The molecule has 2 aromatic heterocycles. The van der Waals surface area contributed by atoms with E-state index in [1.165, 1.54) is 0 Å². The molecule has 0 aliphatic carbocycles. The average Bonchev–Trinajstić information content (AvgIpc) is 2.74. The summed E-state index contributed by atoms with van der Waals surface area (Å²) in [4.78, 5) is 12.1. The zero-order valence-corrected chi connectivity index (χ0v) is 9.81. The Bertz CT molecular complexity index is 508. The number of nitrogens with zero attached hydrogens (tertiary/aromatic N) is 4. The van der Waals surface area contributed by atoms with Crippen LogP contribution in [0.1, 0.15) is 13.3 Å². The van der Waals surface area contributed by atoms with Crippen LogP contribution in [0.4, 0.5) is 10.3 Å². The summed E-state index contributed by atoms with van der Waals surface area (Å²) in [6.45, 7) is 2.79. The van der Waals surface area contributed by atoms with Gasteiger partial charge in [0.05, 0.1) is 6.20 Å². The van der Waals surface area contributed by atoms with Crippen molar-refractivity contribution < 1.29 is 4.39 Å². The number of aryl methyl sites for hydroxylation is 1. The lowest BCUT2D eigenvalue weighted by Crippen LogP contribution is -2.07. The smallest absolute Gasteiger partial charge is 0.223 e. The Kier molecular flexibility index (Phi) is 3.32. The second kappa shape index (κ2) is 4.90. The number of hydrogen-bond donors (Lipinski definition) is 1. The van der Waals surface area contributed by atoms with Crippen molar-refractivity contribution in [2.75, 3.05) is 11.9 Å². The van der Waals surface area contributed by atoms with Gasteiger partial charge in [0.2, 0.25) is 5.95 Å². The maximum atomic E-state index is 13.6. The standard InChI is InChI=1S/C11H14FN5/c1-3-4-14-11-15-7-8(12)9(16-11)10-13-5-6-17(10)2/h5-7H,3-4H2,1-2H3,(H,14,15,16). The number of halogens is 1. The maximum Gasteiger partial charge on any atom is 0.223 e. The molecule has 2 heterocycles. The zero-order chi connectivity index (χ0) is 12.3. The van der Waals surface area contributed by atoms with E-state index in [0.717, 1.165) is 19.2 Å². The lowest BCUT2D eigenvalue weighted by molar-refractivity contribution is 0.615. The molecule has 0 bridgehead atoms. The molecule has 0 aromatic carbocycles. The molecule has 2 aromatic rings. The predicted octanol–water partition coefficient (Wildman–Crippen LogP) is 1.84. The Hall–Kier alpha value is -1.98. The molecule has 0 unspecified atom stereocenters. The van der Waals surface area contributed by atoms with Gasteiger partial charge in [-0.3, -0.25) is 0 Å². The third kappa shape index (κ3) is 2.41. The van der Waals surface area contributed by atoms with Gasteiger partial charge in [0.1, 0.15) is 5.69 Å². The van der Waals surface area contributed by atoms with Crippen LogP contribution in [0.5, 0.6) is 0 Å². The molecule has 0 spiro atoms. The molecule has 0 atom stereocenters. The largest absolute Gasteiger partial charge is 0.354 e.